The predicted octanol–water partition coefficient (Wildman–Crippen LogP) is 0.347. The van der Waals surface area contributed by atoms with Crippen LogP contribution in [-0.2, 0) is 4.79 Å². The van der Waals surface area contributed by atoms with Crippen molar-refractivity contribution in [3.05, 3.63) is 24.2 Å². The van der Waals surface area contributed by atoms with Crippen molar-refractivity contribution in [2.75, 3.05) is 27.2 Å². The third-order valence-electron chi connectivity index (χ3n) is 2.36. The monoisotopic (exact) mass is 225 g/mol. The fraction of sp³-hybridized carbons (Fsp3) is 0.545. The van der Waals surface area contributed by atoms with Gasteiger partial charge >= 0.3 is 0 Å². The highest BCUT2D eigenvalue weighted by Gasteiger charge is 2.17. The number of furan rings is 1. The highest BCUT2D eigenvalue weighted by atomic mass is 16.3. The average Bonchev–Trinajstić information content (AvgIpc) is 2.71. The van der Waals surface area contributed by atoms with Crippen LogP contribution < -0.4 is 11.1 Å². The Morgan fingerprint density at radius 2 is 2.38 bits per heavy atom. The number of likely N-dealkylation sites (N-methyl/N-ethyl adjacent to an activating group) is 1. The van der Waals surface area contributed by atoms with Gasteiger partial charge in [0.25, 0.3) is 0 Å². The van der Waals surface area contributed by atoms with E-state index in [-0.39, 0.29) is 11.9 Å². The molecule has 0 aliphatic carbocycles. The van der Waals surface area contributed by atoms with Crippen LogP contribution in [0.1, 0.15) is 18.2 Å². The fourth-order valence-electron chi connectivity index (χ4n) is 1.45. The maximum atomic E-state index is 11.3. The summed E-state index contributed by atoms with van der Waals surface area (Å²) in [5.41, 5.74) is 5.30. The Hall–Kier alpha value is -1.33. The van der Waals surface area contributed by atoms with E-state index in [0.29, 0.717) is 19.5 Å². The first-order valence-electron chi connectivity index (χ1n) is 5.31. The van der Waals surface area contributed by atoms with Crippen molar-refractivity contribution in [2.24, 2.45) is 5.73 Å². The van der Waals surface area contributed by atoms with Crippen LogP contribution in [0.4, 0.5) is 0 Å². The molecule has 0 bridgehead atoms. The first kappa shape index (κ1) is 12.7. The van der Waals surface area contributed by atoms with Crippen LogP contribution in [0.15, 0.2) is 22.8 Å². The summed E-state index contributed by atoms with van der Waals surface area (Å²) in [6.07, 6.45) is 1.99. The van der Waals surface area contributed by atoms with Crippen LogP contribution in [0.25, 0.3) is 0 Å². The van der Waals surface area contributed by atoms with Crippen LogP contribution >= 0.6 is 0 Å². The quantitative estimate of drug-likeness (QED) is 0.732. The summed E-state index contributed by atoms with van der Waals surface area (Å²) >= 11 is 0. The molecule has 1 unspecified atom stereocenters. The Bertz CT molecular complexity index is 309. The molecule has 1 rings (SSSR count). The molecule has 0 aromatic carbocycles. The second-order valence-corrected chi connectivity index (χ2v) is 3.84. The molecule has 0 spiro atoms. The molecule has 0 saturated heterocycles. The molecule has 5 nitrogen and oxygen atoms in total. The van der Waals surface area contributed by atoms with Gasteiger partial charge in [0.15, 0.2) is 0 Å². The molecule has 0 radical (unpaired) electrons. The topological polar surface area (TPSA) is 71.5 Å². The maximum absolute atomic E-state index is 11.3. The molecule has 90 valence electrons. The molecule has 1 amide bonds. The number of hydrogen-bond acceptors (Lipinski definition) is 4. The first-order valence-corrected chi connectivity index (χ1v) is 5.31. The lowest BCUT2D eigenvalue weighted by molar-refractivity contribution is -0.121. The zero-order valence-electron chi connectivity index (χ0n) is 9.77. The smallest absolute Gasteiger partial charge is 0.221 e. The van der Waals surface area contributed by atoms with Crippen LogP contribution in [0.3, 0.4) is 0 Å². The van der Waals surface area contributed by atoms with Gasteiger partial charge in [0, 0.05) is 19.5 Å². The lowest BCUT2D eigenvalue weighted by atomic mass is 10.2. The van der Waals surface area contributed by atoms with Crippen molar-refractivity contribution in [3.63, 3.8) is 0 Å². The van der Waals surface area contributed by atoms with E-state index in [1.54, 1.807) is 6.26 Å². The molecule has 3 N–H and O–H groups in total. The molecule has 0 fully saturated rings. The minimum absolute atomic E-state index is 0.0269. The van der Waals surface area contributed by atoms with Gasteiger partial charge in [-0.15, -0.1) is 0 Å². The zero-order valence-corrected chi connectivity index (χ0v) is 9.77. The largest absolute Gasteiger partial charge is 0.468 e. The average molecular weight is 225 g/mol. The van der Waals surface area contributed by atoms with E-state index < -0.39 is 0 Å². The van der Waals surface area contributed by atoms with Crippen molar-refractivity contribution in [2.45, 2.75) is 12.5 Å². The van der Waals surface area contributed by atoms with Crippen molar-refractivity contribution >= 4 is 5.91 Å². The van der Waals surface area contributed by atoms with E-state index in [9.17, 15) is 4.79 Å². The number of nitrogens with one attached hydrogen (secondary N) is 1. The van der Waals surface area contributed by atoms with Crippen molar-refractivity contribution in [3.8, 4) is 0 Å². The Morgan fingerprint density at radius 3 is 2.88 bits per heavy atom. The van der Waals surface area contributed by atoms with E-state index in [2.05, 4.69) is 5.32 Å². The highest BCUT2D eigenvalue weighted by Crippen LogP contribution is 2.17. The number of amides is 1. The molecule has 1 aromatic rings. The normalized spacial score (nSPS) is 12.8. The number of hydrogen-bond donors (Lipinski definition) is 2. The van der Waals surface area contributed by atoms with Crippen molar-refractivity contribution in [1.29, 1.82) is 0 Å². The maximum Gasteiger partial charge on any atom is 0.221 e. The number of nitrogens with zero attached hydrogens (tertiary/aromatic N) is 1. The predicted molar refractivity (Wildman–Crippen MR) is 61.8 cm³/mol. The van der Waals surface area contributed by atoms with Gasteiger partial charge in [0.2, 0.25) is 5.91 Å². The molecular weight excluding hydrogens is 206 g/mol. The van der Waals surface area contributed by atoms with Gasteiger partial charge in [-0.1, -0.05) is 0 Å². The first-order chi connectivity index (χ1) is 7.65. The van der Waals surface area contributed by atoms with Crippen LogP contribution in [0.2, 0.25) is 0 Å². The van der Waals surface area contributed by atoms with Gasteiger partial charge in [-0.2, -0.15) is 0 Å². The number of rotatable bonds is 6. The van der Waals surface area contributed by atoms with Crippen LogP contribution in [0, 0.1) is 0 Å². The van der Waals surface area contributed by atoms with Gasteiger partial charge in [-0.3, -0.25) is 9.69 Å². The molecular formula is C11H19N3O2. The number of carbonyl (C=O) groups excluding carboxylic acids is 1. The molecule has 0 aliphatic rings. The lowest BCUT2D eigenvalue weighted by Crippen LogP contribution is -2.35. The summed E-state index contributed by atoms with van der Waals surface area (Å²) in [5, 5.41) is 2.83. The molecule has 16 heavy (non-hydrogen) atoms. The number of carbonyl (C=O) groups is 1. The van der Waals surface area contributed by atoms with E-state index in [1.807, 2.05) is 31.1 Å². The third-order valence-corrected chi connectivity index (χ3v) is 2.36. The minimum atomic E-state index is -0.0269. The van der Waals surface area contributed by atoms with Gasteiger partial charge in [0.1, 0.15) is 5.76 Å². The fourth-order valence-corrected chi connectivity index (χ4v) is 1.45. The van der Waals surface area contributed by atoms with Gasteiger partial charge < -0.3 is 15.5 Å². The number of nitrogens with two attached hydrogens (primary N) is 1. The standard InChI is InChI=1S/C11H19N3O2/c1-14(2)9(10-4-3-7-16-10)8-13-11(15)5-6-12/h3-4,7,9H,5-6,8,12H2,1-2H3,(H,13,15). The Morgan fingerprint density at radius 1 is 1.62 bits per heavy atom. The van der Waals surface area contributed by atoms with E-state index in [1.165, 1.54) is 0 Å². The van der Waals surface area contributed by atoms with Gasteiger partial charge in [-0.05, 0) is 26.2 Å². The Labute approximate surface area is 95.6 Å². The van der Waals surface area contributed by atoms with Crippen molar-refractivity contribution < 1.29 is 9.21 Å². The summed E-state index contributed by atoms with van der Waals surface area (Å²) in [5.74, 6) is 0.818. The summed E-state index contributed by atoms with van der Waals surface area (Å²) < 4.78 is 5.33. The minimum Gasteiger partial charge on any atom is -0.468 e. The summed E-state index contributed by atoms with van der Waals surface area (Å²) in [6, 6.07) is 3.80. The Balaban J connectivity index is 2.50. The summed E-state index contributed by atoms with van der Waals surface area (Å²) in [7, 11) is 3.89. The Kier molecular flexibility index (Phi) is 5.01. The highest BCUT2D eigenvalue weighted by molar-refractivity contribution is 5.76. The summed E-state index contributed by atoms with van der Waals surface area (Å²) in [6.45, 7) is 0.901. The van der Waals surface area contributed by atoms with Gasteiger partial charge in [-0.25, -0.2) is 0 Å². The molecule has 0 saturated carbocycles. The molecule has 0 aliphatic heterocycles. The third kappa shape index (κ3) is 3.67. The second kappa shape index (κ2) is 6.30. The van der Waals surface area contributed by atoms with E-state index in [4.69, 9.17) is 10.2 Å². The van der Waals surface area contributed by atoms with Crippen LogP contribution in [0.5, 0.6) is 0 Å². The molecule has 1 atom stereocenters. The molecule has 1 heterocycles. The lowest BCUT2D eigenvalue weighted by Gasteiger charge is -2.22. The second-order valence-electron chi connectivity index (χ2n) is 3.84. The zero-order chi connectivity index (χ0) is 12.0. The summed E-state index contributed by atoms with van der Waals surface area (Å²) in [4.78, 5) is 13.3. The molecule has 1 aromatic heterocycles. The molecule has 5 heteroatoms. The SMILES string of the molecule is CN(C)C(CNC(=O)CCN)c1ccco1. The van der Waals surface area contributed by atoms with E-state index in [0.717, 1.165) is 5.76 Å². The van der Waals surface area contributed by atoms with Crippen LogP contribution in [-0.4, -0.2) is 38.0 Å². The van der Waals surface area contributed by atoms with E-state index >= 15 is 0 Å². The van der Waals surface area contributed by atoms with Gasteiger partial charge in [0.05, 0.1) is 12.3 Å². The van der Waals surface area contributed by atoms with Crippen molar-refractivity contribution in [1.82, 2.24) is 10.2 Å².